The number of anilines is 1. The van der Waals surface area contributed by atoms with Gasteiger partial charge in [-0.25, -0.2) is 4.39 Å². The fourth-order valence-electron chi connectivity index (χ4n) is 2.70. The molecule has 2 N–H and O–H groups in total. The third-order valence-corrected chi connectivity index (χ3v) is 5.11. The molecule has 0 aliphatic heterocycles. The Balaban J connectivity index is 1.99. The number of nitro groups is 1. The summed E-state index contributed by atoms with van der Waals surface area (Å²) in [5.41, 5.74) is -0.145. The standard InChI is InChI=1S/C22H13Cl3FN3O4/c23-13-4-7-17(24)19(10-13)27-22(31)20(9-12-2-1-3-15(8-12)29(32)33)28-21(30)16-6-5-14(26)11-18(16)25/h1-11H,(H,27,31)(H,28,30). The lowest BCUT2D eigenvalue weighted by Crippen LogP contribution is -2.31. The second kappa shape index (κ2) is 10.4. The number of hydrogen-bond acceptors (Lipinski definition) is 4. The van der Waals surface area contributed by atoms with E-state index in [2.05, 4.69) is 10.6 Å². The van der Waals surface area contributed by atoms with Crippen molar-refractivity contribution < 1.29 is 18.9 Å². The summed E-state index contributed by atoms with van der Waals surface area (Å²) in [4.78, 5) is 36.2. The van der Waals surface area contributed by atoms with Gasteiger partial charge in [0.1, 0.15) is 11.5 Å². The Morgan fingerprint density at radius 2 is 1.73 bits per heavy atom. The summed E-state index contributed by atoms with van der Waals surface area (Å²) in [6.07, 6.45) is 1.23. The minimum absolute atomic E-state index is 0.0865. The van der Waals surface area contributed by atoms with Gasteiger partial charge in [0, 0.05) is 17.2 Å². The Kier molecular flexibility index (Phi) is 7.65. The van der Waals surface area contributed by atoms with E-state index in [4.69, 9.17) is 34.8 Å². The molecule has 0 fully saturated rings. The second-order valence-corrected chi connectivity index (χ2v) is 7.82. The van der Waals surface area contributed by atoms with Crippen LogP contribution in [0.1, 0.15) is 15.9 Å². The van der Waals surface area contributed by atoms with Crippen molar-refractivity contribution in [3.63, 3.8) is 0 Å². The molecule has 0 saturated carbocycles. The zero-order chi connectivity index (χ0) is 24.1. The van der Waals surface area contributed by atoms with Crippen molar-refractivity contribution in [2.75, 3.05) is 5.32 Å². The van der Waals surface area contributed by atoms with E-state index in [9.17, 15) is 24.1 Å². The monoisotopic (exact) mass is 507 g/mol. The molecular weight excluding hydrogens is 496 g/mol. The smallest absolute Gasteiger partial charge is 0.272 e. The van der Waals surface area contributed by atoms with E-state index in [0.717, 1.165) is 18.2 Å². The Morgan fingerprint density at radius 3 is 2.42 bits per heavy atom. The first-order chi connectivity index (χ1) is 15.6. The average Bonchev–Trinajstić information content (AvgIpc) is 2.75. The van der Waals surface area contributed by atoms with Crippen molar-refractivity contribution in [3.8, 4) is 0 Å². The van der Waals surface area contributed by atoms with Gasteiger partial charge in [-0.1, -0.05) is 46.9 Å². The number of non-ortho nitro benzene ring substituents is 1. The van der Waals surface area contributed by atoms with Crippen LogP contribution in [0, 0.1) is 15.9 Å². The van der Waals surface area contributed by atoms with Crippen molar-refractivity contribution in [2.45, 2.75) is 0 Å². The van der Waals surface area contributed by atoms with Crippen LogP contribution in [0.25, 0.3) is 6.08 Å². The van der Waals surface area contributed by atoms with Crippen LogP contribution in [-0.2, 0) is 4.79 Å². The molecule has 0 heterocycles. The molecule has 0 radical (unpaired) electrons. The van der Waals surface area contributed by atoms with Crippen LogP contribution in [0.4, 0.5) is 15.8 Å². The lowest BCUT2D eigenvalue weighted by Gasteiger charge is -2.13. The third-order valence-electron chi connectivity index (χ3n) is 4.24. The molecule has 3 rings (SSSR count). The molecule has 11 heteroatoms. The number of nitrogens with one attached hydrogen (secondary N) is 2. The first kappa shape index (κ1) is 24.2. The number of nitro benzene ring substituents is 1. The molecule has 33 heavy (non-hydrogen) atoms. The molecule has 168 valence electrons. The molecule has 3 aromatic rings. The molecule has 0 aliphatic rings. The fraction of sp³-hybridized carbons (Fsp3) is 0. The number of rotatable bonds is 6. The Hall–Kier alpha value is -3.46. The van der Waals surface area contributed by atoms with Gasteiger partial charge in [0.25, 0.3) is 17.5 Å². The molecule has 3 aromatic carbocycles. The van der Waals surface area contributed by atoms with Crippen LogP contribution in [0.15, 0.2) is 66.4 Å². The molecule has 0 unspecified atom stereocenters. The number of halogens is 4. The highest BCUT2D eigenvalue weighted by molar-refractivity contribution is 6.36. The van der Waals surface area contributed by atoms with Gasteiger partial charge in [-0.15, -0.1) is 0 Å². The maximum atomic E-state index is 13.3. The summed E-state index contributed by atoms with van der Waals surface area (Å²) in [6, 6.07) is 13.0. The average molecular weight is 509 g/mol. The first-order valence-corrected chi connectivity index (χ1v) is 10.3. The SMILES string of the molecule is O=C(Nc1cc(Cl)ccc1Cl)C(=Cc1cccc([N+](=O)[O-])c1)NC(=O)c1ccc(F)cc1Cl. The van der Waals surface area contributed by atoms with Crippen molar-refractivity contribution in [1.82, 2.24) is 5.32 Å². The molecule has 0 bridgehead atoms. The van der Waals surface area contributed by atoms with E-state index in [1.807, 2.05) is 0 Å². The van der Waals surface area contributed by atoms with E-state index in [1.165, 1.54) is 48.5 Å². The number of nitrogens with zero attached hydrogens (tertiary/aromatic N) is 1. The van der Waals surface area contributed by atoms with E-state index >= 15 is 0 Å². The molecule has 0 aliphatic carbocycles. The minimum Gasteiger partial charge on any atom is -0.319 e. The summed E-state index contributed by atoms with van der Waals surface area (Å²) in [5.74, 6) is -2.24. The molecule has 0 aromatic heterocycles. The maximum absolute atomic E-state index is 13.3. The Labute approximate surface area is 201 Å². The summed E-state index contributed by atoms with van der Waals surface area (Å²) in [7, 11) is 0. The lowest BCUT2D eigenvalue weighted by molar-refractivity contribution is -0.384. The van der Waals surface area contributed by atoms with Gasteiger partial charge >= 0.3 is 0 Å². The summed E-state index contributed by atoms with van der Waals surface area (Å²) in [6.45, 7) is 0. The normalized spacial score (nSPS) is 11.1. The predicted molar refractivity (Wildman–Crippen MR) is 125 cm³/mol. The van der Waals surface area contributed by atoms with Gasteiger partial charge in [0.2, 0.25) is 0 Å². The topological polar surface area (TPSA) is 101 Å². The van der Waals surface area contributed by atoms with Gasteiger partial charge in [-0.3, -0.25) is 19.7 Å². The largest absolute Gasteiger partial charge is 0.319 e. The molecular formula is C22H13Cl3FN3O4. The second-order valence-electron chi connectivity index (χ2n) is 6.57. The van der Waals surface area contributed by atoms with Gasteiger partial charge in [-0.05, 0) is 48.0 Å². The number of carbonyl (C=O) groups excluding carboxylic acids is 2. The van der Waals surface area contributed by atoms with Crippen molar-refractivity contribution >= 4 is 64.1 Å². The lowest BCUT2D eigenvalue weighted by atomic mass is 10.1. The van der Waals surface area contributed by atoms with Crippen LogP contribution in [0.3, 0.4) is 0 Å². The Morgan fingerprint density at radius 1 is 0.970 bits per heavy atom. The zero-order valence-electron chi connectivity index (χ0n) is 16.4. The van der Waals surface area contributed by atoms with Crippen molar-refractivity contribution in [3.05, 3.63) is 108 Å². The molecule has 7 nitrogen and oxygen atoms in total. The van der Waals surface area contributed by atoms with Crippen LogP contribution >= 0.6 is 34.8 Å². The van der Waals surface area contributed by atoms with E-state index < -0.39 is 22.6 Å². The van der Waals surface area contributed by atoms with Crippen molar-refractivity contribution in [1.29, 1.82) is 0 Å². The van der Waals surface area contributed by atoms with Gasteiger partial charge in [0.15, 0.2) is 0 Å². The van der Waals surface area contributed by atoms with Gasteiger partial charge in [0.05, 0.1) is 26.2 Å². The predicted octanol–water partition coefficient (Wildman–Crippen LogP) is 6.10. The number of hydrogen-bond donors (Lipinski definition) is 2. The molecule has 0 spiro atoms. The molecule has 2 amide bonds. The van der Waals surface area contributed by atoms with Crippen LogP contribution in [0.5, 0.6) is 0 Å². The van der Waals surface area contributed by atoms with Crippen molar-refractivity contribution in [2.24, 2.45) is 0 Å². The number of amides is 2. The van der Waals surface area contributed by atoms with E-state index in [0.29, 0.717) is 5.02 Å². The highest BCUT2D eigenvalue weighted by Gasteiger charge is 2.19. The highest BCUT2D eigenvalue weighted by atomic mass is 35.5. The molecule has 0 saturated heterocycles. The van der Waals surface area contributed by atoms with E-state index in [-0.39, 0.29) is 38.2 Å². The maximum Gasteiger partial charge on any atom is 0.272 e. The van der Waals surface area contributed by atoms with Crippen LogP contribution in [-0.4, -0.2) is 16.7 Å². The van der Waals surface area contributed by atoms with Gasteiger partial charge < -0.3 is 10.6 Å². The molecule has 0 atom stereocenters. The Bertz CT molecular complexity index is 1300. The quantitative estimate of drug-likeness (QED) is 0.238. The summed E-state index contributed by atoms with van der Waals surface area (Å²) in [5, 5.41) is 16.3. The summed E-state index contributed by atoms with van der Waals surface area (Å²) < 4.78 is 13.3. The third kappa shape index (κ3) is 6.29. The zero-order valence-corrected chi connectivity index (χ0v) is 18.7. The van der Waals surface area contributed by atoms with Crippen LogP contribution < -0.4 is 10.6 Å². The van der Waals surface area contributed by atoms with E-state index in [1.54, 1.807) is 0 Å². The van der Waals surface area contributed by atoms with Crippen LogP contribution in [0.2, 0.25) is 15.1 Å². The minimum atomic E-state index is -0.802. The van der Waals surface area contributed by atoms with Gasteiger partial charge in [-0.2, -0.15) is 0 Å². The first-order valence-electron chi connectivity index (χ1n) is 9.13. The highest BCUT2D eigenvalue weighted by Crippen LogP contribution is 2.26. The number of carbonyl (C=O) groups is 2. The number of benzene rings is 3. The fourth-order valence-corrected chi connectivity index (χ4v) is 3.29. The summed E-state index contributed by atoms with van der Waals surface area (Å²) >= 11 is 18.0.